The molecule has 4 rings (SSSR count). The summed E-state index contributed by atoms with van der Waals surface area (Å²) in [5.74, 6) is -0.149. The van der Waals surface area contributed by atoms with Gasteiger partial charge in [0.1, 0.15) is 29.7 Å². The van der Waals surface area contributed by atoms with E-state index in [1.54, 1.807) is 20.8 Å². The molecule has 0 unspecified atom stereocenters. The molecular weight excluding hydrogens is 602 g/mol. The zero-order valence-electron chi connectivity index (χ0n) is 24.9. The van der Waals surface area contributed by atoms with Crippen molar-refractivity contribution in [2.45, 2.75) is 72.2 Å². The summed E-state index contributed by atoms with van der Waals surface area (Å²) in [5, 5.41) is 3.33. The lowest BCUT2D eigenvalue weighted by atomic mass is 10.2. The molecule has 44 heavy (non-hydrogen) atoms. The van der Waals surface area contributed by atoms with Gasteiger partial charge < -0.3 is 24.3 Å². The van der Waals surface area contributed by atoms with Crippen LogP contribution in [0, 0.1) is 0 Å². The molecule has 238 valence electrons. The molecule has 0 radical (unpaired) electrons. The third-order valence-electron chi connectivity index (χ3n) is 6.35. The van der Waals surface area contributed by atoms with E-state index in [1.807, 2.05) is 35.8 Å². The summed E-state index contributed by atoms with van der Waals surface area (Å²) in [6.45, 7) is 8.84. The molecule has 0 fully saturated rings. The molecule has 0 saturated heterocycles. The van der Waals surface area contributed by atoms with Crippen molar-refractivity contribution >= 4 is 41.5 Å². The number of halogens is 3. The van der Waals surface area contributed by atoms with Crippen molar-refractivity contribution in [1.29, 1.82) is 0 Å². The number of hydrogen-bond acceptors (Lipinski definition) is 9. The summed E-state index contributed by atoms with van der Waals surface area (Å²) in [6.07, 6.45) is -5.88. The fraction of sp³-hybridized carbons (Fsp3) is 0.414. The number of imidazole rings is 1. The number of anilines is 1. The summed E-state index contributed by atoms with van der Waals surface area (Å²) in [7, 11) is -4.41. The Morgan fingerprint density at radius 3 is 2.39 bits per heavy atom. The number of carbonyl (C=O) groups excluding carboxylic acids is 1. The number of hydrogen-bond donors (Lipinski definition) is 2. The maximum absolute atomic E-state index is 14.1. The van der Waals surface area contributed by atoms with Crippen molar-refractivity contribution < 1.29 is 41.1 Å². The minimum Gasteiger partial charge on any atom is -0.462 e. The van der Waals surface area contributed by atoms with E-state index < -0.39 is 43.7 Å². The number of para-hydroxylation sites is 1. The summed E-state index contributed by atoms with van der Waals surface area (Å²) >= 11 is 0. The van der Waals surface area contributed by atoms with Crippen LogP contribution in [0.25, 0.3) is 21.9 Å². The third-order valence-corrected chi connectivity index (χ3v) is 8.14. The normalized spacial score (nSPS) is 14.9. The summed E-state index contributed by atoms with van der Waals surface area (Å²) < 4.78 is 77.7. The van der Waals surface area contributed by atoms with Gasteiger partial charge in [-0.2, -0.15) is 18.3 Å². The van der Waals surface area contributed by atoms with Crippen molar-refractivity contribution in [3.8, 4) is 5.75 Å². The van der Waals surface area contributed by atoms with Gasteiger partial charge in [0.2, 0.25) is 0 Å². The van der Waals surface area contributed by atoms with Gasteiger partial charge in [-0.15, -0.1) is 0 Å². The Morgan fingerprint density at radius 2 is 1.75 bits per heavy atom. The number of ether oxygens (including phenoxy) is 2. The fourth-order valence-electron chi connectivity index (χ4n) is 4.48. The monoisotopic (exact) mass is 637 g/mol. The van der Waals surface area contributed by atoms with Crippen LogP contribution >= 0.6 is 7.75 Å². The number of rotatable bonds is 13. The lowest BCUT2D eigenvalue weighted by molar-refractivity contribution is -0.149. The van der Waals surface area contributed by atoms with E-state index in [4.69, 9.17) is 24.3 Å². The molecule has 0 spiro atoms. The number of carbonyl (C=O) groups is 1. The van der Waals surface area contributed by atoms with Crippen LogP contribution in [0.3, 0.4) is 0 Å². The summed E-state index contributed by atoms with van der Waals surface area (Å²) in [6, 6.07) is 9.86. The molecule has 3 atom stereocenters. The topological polar surface area (TPSA) is 140 Å². The molecule has 4 aromatic rings. The minimum atomic E-state index is -4.57. The van der Waals surface area contributed by atoms with E-state index in [9.17, 15) is 22.5 Å². The molecule has 0 aliphatic rings. The Kier molecular flexibility index (Phi) is 10.2. The van der Waals surface area contributed by atoms with E-state index >= 15 is 0 Å². The highest BCUT2D eigenvalue weighted by Gasteiger charge is 2.36. The molecule has 2 aromatic heterocycles. The summed E-state index contributed by atoms with van der Waals surface area (Å²) in [4.78, 5) is 21.7. The maximum atomic E-state index is 14.1. The number of nitrogen functional groups attached to an aromatic ring is 1. The number of nitrogens with zero attached hydrogens (tertiary/aromatic N) is 3. The first-order valence-corrected chi connectivity index (χ1v) is 15.5. The second-order valence-electron chi connectivity index (χ2n) is 10.4. The second-order valence-corrected chi connectivity index (χ2v) is 12.0. The first kappa shape index (κ1) is 33.2. The summed E-state index contributed by atoms with van der Waals surface area (Å²) in [5.41, 5.74) is 7.11. The van der Waals surface area contributed by atoms with Gasteiger partial charge in [0.25, 0.3) is 0 Å². The lowest BCUT2D eigenvalue weighted by Gasteiger charge is -2.26. The van der Waals surface area contributed by atoms with Gasteiger partial charge in [0, 0.05) is 12.0 Å². The standard InChI is InChI=1S/C29H35F3N5O6P/c1-6-40-16-24-35-25-26(22-9-7-8-10-23(22)34-27(25)33)37(24)15-18(4)42-44(39,36-19(5)28(38)41-17(2)3)43-21-13-11-20(12-14-21)29(30,31)32/h7-14,17-19H,6,15-16H2,1-5H3,(H2,33,34)(H,36,39)/t18-,19+,44+/m1/s1. The molecule has 0 amide bonds. The predicted octanol–water partition coefficient (Wildman–Crippen LogP) is 6.24. The Labute approximate surface area is 252 Å². The quantitative estimate of drug-likeness (QED) is 0.128. The number of esters is 1. The minimum absolute atomic E-state index is 0.0826. The predicted molar refractivity (Wildman–Crippen MR) is 159 cm³/mol. The smallest absolute Gasteiger partial charge is 0.459 e. The maximum Gasteiger partial charge on any atom is 0.459 e. The first-order chi connectivity index (χ1) is 20.7. The Balaban J connectivity index is 1.69. The molecule has 2 heterocycles. The lowest BCUT2D eigenvalue weighted by Crippen LogP contribution is -2.37. The number of benzene rings is 2. The van der Waals surface area contributed by atoms with Crippen LogP contribution in [0.15, 0.2) is 48.5 Å². The van der Waals surface area contributed by atoms with Crippen molar-refractivity contribution in [3.05, 3.63) is 59.9 Å². The van der Waals surface area contributed by atoms with Crippen molar-refractivity contribution in [3.63, 3.8) is 0 Å². The molecule has 2 aromatic carbocycles. The van der Waals surface area contributed by atoms with Gasteiger partial charge in [-0.1, -0.05) is 18.2 Å². The molecule has 0 aliphatic heterocycles. The molecule has 0 aliphatic carbocycles. The van der Waals surface area contributed by atoms with Crippen LogP contribution in [0.2, 0.25) is 0 Å². The van der Waals surface area contributed by atoms with Gasteiger partial charge in [0.15, 0.2) is 5.82 Å². The van der Waals surface area contributed by atoms with Crippen molar-refractivity contribution in [2.75, 3.05) is 12.3 Å². The van der Waals surface area contributed by atoms with Crippen LogP contribution in [-0.2, 0) is 42.7 Å². The van der Waals surface area contributed by atoms with Gasteiger partial charge in [0.05, 0.1) is 35.3 Å². The highest BCUT2D eigenvalue weighted by atomic mass is 31.2. The van der Waals surface area contributed by atoms with E-state index in [0.717, 1.165) is 29.7 Å². The number of alkyl halides is 3. The van der Waals surface area contributed by atoms with Crippen LogP contribution in [0.1, 0.15) is 46.0 Å². The number of nitrogens with one attached hydrogen (secondary N) is 1. The van der Waals surface area contributed by atoms with Gasteiger partial charge >= 0.3 is 19.9 Å². The fourth-order valence-corrected chi connectivity index (χ4v) is 6.15. The average Bonchev–Trinajstić information content (AvgIpc) is 3.29. The molecule has 15 heteroatoms. The van der Waals surface area contributed by atoms with E-state index in [0.29, 0.717) is 29.0 Å². The zero-order chi connectivity index (χ0) is 32.2. The number of aromatic nitrogens is 3. The SMILES string of the molecule is CCOCc1nc2c(N)nc3ccccc3c2n1C[C@@H](C)O[P@@](=O)(N[C@@H](C)C(=O)OC(C)C)Oc1ccc(C(F)(F)F)cc1. The Bertz CT molecular complexity index is 1660. The highest BCUT2D eigenvalue weighted by Crippen LogP contribution is 2.47. The molecule has 0 saturated carbocycles. The average molecular weight is 638 g/mol. The van der Waals surface area contributed by atoms with Crippen molar-refractivity contribution in [2.24, 2.45) is 0 Å². The van der Waals surface area contributed by atoms with E-state index in [1.165, 1.54) is 6.92 Å². The second kappa shape index (κ2) is 13.5. The number of pyridine rings is 1. The van der Waals surface area contributed by atoms with Crippen LogP contribution < -0.4 is 15.3 Å². The zero-order valence-corrected chi connectivity index (χ0v) is 25.8. The Hall–Kier alpha value is -3.71. The number of fused-ring (bicyclic) bond motifs is 3. The first-order valence-electron chi connectivity index (χ1n) is 14.0. The Morgan fingerprint density at radius 1 is 1.07 bits per heavy atom. The highest BCUT2D eigenvalue weighted by molar-refractivity contribution is 7.52. The molecule has 11 nitrogen and oxygen atoms in total. The van der Waals surface area contributed by atoms with Crippen LogP contribution in [0.4, 0.5) is 19.0 Å². The number of nitrogens with two attached hydrogens (primary N) is 1. The van der Waals surface area contributed by atoms with Gasteiger partial charge in [-0.3, -0.25) is 9.32 Å². The van der Waals surface area contributed by atoms with Gasteiger partial charge in [-0.05, 0) is 65.0 Å². The molecular formula is C29H35F3N5O6P. The van der Waals surface area contributed by atoms with Crippen molar-refractivity contribution in [1.82, 2.24) is 19.6 Å². The van der Waals surface area contributed by atoms with Crippen LogP contribution in [-0.4, -0.2) is 45.4 Å². The third kappa shape index (κ3) is 7.86. The van der Waals surface area contributed by atoms with E-state index in [-0.39, 0.29) is 24.7 Å². The van der Waals surface area contributed by atoms with Crippen LogP contribution in [0.5, 0.6) is 5.75 Å². The molecule has 0 bridgehead atoms. The van der Waals surface area contributed by atoms with E-state index in [2.05, 4.69) is 15.1 Å². The largest absolute Gasteiger partial charge is 0.462 e. The van der Waals surface area contributed by atoms with Gasteiger partial charge in [-0.25, -0.2) is 14.5 Å². The molecule has 3 N–H and O–H groups in total.